The van der Waals surface area contributed by atoms with Crippen molar-refractivity contribution in [3.8, 4) is 11.3 Å². The first kappa shape index (κ1) is 15.4. The largest absolute Gasteiger partial charge is 0.368 e. The molecule has 1 heterocycles. The van der Waals surface area contributed by atoms with Gasteiger partial charge in [0, 0.05) is 22.9 Å². The van der Waals surface area contributed by atoms with Crippen LogP contribution < -0.4 is 11.1 Å². The summed E-state index contributed by atoms with van der Waals surface area (Å²) in [5.41, 5.74) is 10.1. The summed E-state index contributed by atoms with van der Waals surface area (Å²) in [6.07, 6.45) is 0.912. The summed E-state index contributed by atoms with van der Waals surface area (Å²) in [4.78, 5) is 0. The second-order valence-corrected chi connectivity index (χ2v) is 5.81. The second-order valence-electron chi connectivity index (χ2n) is 5.81. The van der Waals surface area contributed by atoms with Crippen molar-refractivity contribution in [2.45, 2.75) is 20.3 Å². The van der Waals surface area contributed by atoms with Crippen LogP contribution in [0.25, 0.3) is 22.0 Å². The molecule has 3 aromatic rings. The number of nitrogens with two attached hydrogens (primary N) is 1. The van der Waals surface area contributed by atoms with E-state index < -0.39 is 0 Å². The minimum absolute atomic E-state index is 0.666. The van der Waals surface area contributed by atoms with Gasteiger partial charge in [-0.05, 0) is 44.0 Å². The normalized spacial score (nSPS) is 10.9. The van der Waals surface area contributed by atoms with Crippen molar-refractivity contribution < 1.29 is 0 Å². The molecule has 0 unspecified atom stereocenters. The van der Waals surface area contributed by atoms with E-state index in [4.69, 9.17) is 5.73 Å². The third-order valence-corrected chi connectivity index (χ3v) is 4.14. The van der Waals surface area contributed by atoms with Gasteiger partial charge in [0.1, 0.15) is 5.69 Å². The summed E-state index contributed by atoms with van der Waals surface area (Å²) in [5, 5.41) is 14.4. The molecule has 2 aromatic carbocycles. The summed E-state index contributed by atoms with van der Waals surface area (Å²) < 4.78 is 0. The van der Waals surface area contributed by atoms with Gasteiger partial charge in [0.2, 0.25) is 0 Å². The molecule has 0 spiro atoms. The van der Waals surface area contributed by atoms with E-state index in [0.29, 0.717) is 6.54 Å². The average Bonchev–Trinajstić information content (AvgIpc) is 2.58. The molecule has 0 fully saturated rings. The number of nitrogens with one attached hydrogen (secondary N) is 1. The number of hydrogen-bond donors (Lipinski definition) is 2. The van der Waals surface area contributed by atoms with Gasteiger partial charge in [-0.2, -0.15) is 0 Å². The summed E-state index contributed by atoms with van der Waals surface area (Å²) in [5.74, 6) is 0.821. The van der Waals surface area contributed by atoms with Gasteiger partial charge in [0.05, 0.1) is 0 Å². The lowest BCUT2D eigenvalue weighted by atomic mass is 10.0. The highest BCUT2D eigenvalue weighted by atomic mass is 15.2. The number of benzene rings is 2. The summed E-state index contributed by atoms with van der Waals surface area (Å²) in [6.45, 7) is 5.71. The number of nitrogens with zero attached hydrogens (tertiary/aromatic N) is 2. The monoisotopic (exact) mass is 306 g/mol. The highest BCUT2D eigenvalue weighted by molar-refractivity contribution is 6.00. The quantitative estimate of drug-likeness (QED) is 0.706. The number of hydrogen-bond acceptors (Lipinski definition) is 4. The van der Waals surface area contributed by atoms with E-state index in [1.54, 1.807) is 0 Å². The Kier molecular flexibility index (Phi) is 4.53. The van der Waals surface area contributed by atoms with Crippen molar-refractivity contribution in [2.75, 3.05) is 18.4 Å². The molecule has 0 aliphatic rings. The van der Waals surface area contributed by atoms with Crippen LogP contribution in [-0.4, -0.2) is 23.3 Å². The molecular formula is C19H22N4. The zero-order valence-electron chi connectivity index (χ0n) is 13.6. The number of anilines is 1. The van der Waals surface area contributed by atoms with Gasteiger partial charge in [-0.25, -0.2) is 0 Å². The predicted molar refractivity (Wildman–Crippen MR) is 96.6 cm³/mol. The van der Waals surface area contributed by atoms with Crippen molar-refractivity contribution in [1.29, 1.82) is 0 Å². The third-order valence-electron chi connectivity index (χ3n) is 4.14. The van der Waals surface area contributed by atoms with Gasteiger partial charge >= 0.3 is 0 Å². The van der Waals surface area contributed by atoms with Crippen LogP contribution in [0.4, 0.5) is 5.82 Å². The molecular weight excluding hydrogens is 284 g/mol. The molecule has 4 heteroatoms. The van der Waals surface area contributed by atoms with Crippen molar-refractivity contribution in [1.82, 2.24) is 10.2 Å². The summed E-state index contributed by atoms with van der Waals surface area (Å²) >= 11 is 0. The van der Waals surface area contributed by atoms with E-state index >= 15 is 0 Å². The van der Waals surface area contributed by atoms with Gasteiger partial charge in [-0.1, -0.05) is 36.4 Å². The highest BCUT2D eigenvalue weighted by Crippen LogP contribution is 2.30. The molecule has 3 N–H and O–H groups in total. The Morgan fingerprint density at radius 3 is 2.48 bits per heavy atom. The predicted octanol–water partition coefficient (Wildman–Crippen LogP) is 3.67. The first-order chi connectivity index (χ1) is 11.2. The van der Waals surface area contributed by atoms with Crippen LogP contribution in [0.2, 0.25) is 0 Å². The summed E-state index contributed by atoms with van der Waals surface area (Å²) in [6, 6.07) is 14.7. The lowest BCUT2D eigenvalue weighted by molar-refractivity contribution is 0.866. The number of fused-ring (bicyclic) bond motifs is 1. The van der Waals surface area contributed by atoms with E-state index in [1.807, 2.05) is 12.1 Å². The second kappa shape index (κ2) is 6.75. The van der Waals surface area contributed by atoms with E-state index in [0.717, 1.165) is 40.8 Å². The van der Waals surface area contributed by atoms with Crippen LogP contribution >= 0.6 is 0 Å². The topological polar surface area (TPSA) is 63.8 Å². The Labute approximate surface area is 136 Å². The van der Waals surface area contributed by atoms with Crippen molar-refractivity contribution in [3.05, 3.63) is 53.6 Å². The first-order valence-corrected chi connectivity index (χ1v) is 7.97. The lowest BCUT2D eigenvalue weighted by Gasteiger charge is -2.11. The van der Waals surface area contributed by atoms with Crippen LogP contribution in [0, 0.1) is 13.8 Å². The first-order valence-electron chi connectivity index (χ1n) is 7.97. The fourth-order valence-electron chi connectivity index (χ4n) is 2.65. The molecule has 0 aliphatic heterocycles. The maximum Gasteiger partial charge on any atom is 0.156 e. The zero-order valence-corrected chi connectivity index (χ0v) is 13.6. The molecule has 1 aromatic heterocycles. The van der Waals surface area contributed by atoms with Gasteiger partial charge < -0.3 is 11.1 Å². The Hall–Kier alpha value is -2.46. The molecule has 0 saturated carbocycles. The molecule has 3 rings (SSSR count). The molecule has 118 valence electrons. The van der Waals surface area contributed by atoms with E-state index in [9.17, 15) is 0 Å². The standard InChI is InChI=1S/C19H22N4/c1-13-8-9-15(12-14(13)2)18-16-6-3-4-7-17(16)19(23-22-18)21-11-5-10-20/h3-4,6-9,12H,5,10-11,20H2,1-2H3,(H,21,23). The molecule has 0 amide bonds. The Balaban J connectivity index is 2.08. The molecule has 0 bridgehead atoms. The maximum atomic E-state index is 5.56. The van der Waals surface area contributed by atoms with E-state index in [2.05, 4.69) is 59.7 Å². The average molecular weight is 306 g/mol. The molecule has 4 nitrogen and oxygen atoms in total. The molecule has 0 aliphatic carbocycles. The fourth-order valence-corrected chi connectivity index (χ4v) is 2.65. The van der Waals surface area contributed by atoms with Gasteiger partial charge in [0.15, 0.2) is 5.82 Å². The summed E-state index contributed by atoms with van der Waals surface area (Å²) in [7, 11) is 0. The fraction of sp³-hybridized carbons (Fsp3) is 0.263. The highest BCUT2D eigenvalue weighted by Gasteiger charge is 2.11. The van der Waals surface area contributed by atoms with Crippen LogP contribution in [0.3, 0.4) is 0 Å². The van der Waals surface area contributed by atoms with Crippen LogP contribution in [0.15, 0.2) is 42.5 Å². The Morgan fingerprint density at radius 2 is 1.74 bits per heavy atom. The van der Waals surface area contributed by atoms with Crippen LogP contribution in [0.1, 0.15) is 17.5 Å². The van der Waals surface area contributed by atoms with E-state index in [1.165, 1.54) is 11.1 Å². The number of aryl methyl sites for hydroxylation is 2. The maximum absolute atomic E-state index is 5.56. The van der Waals surface area contributed by atoms with Crippen LogP contribution in [-0.2, 0) is 0 Å². The SMILES string of the molecule is Cc1ccc(-c2nnc(NCCCN)c3ccccc23)cc1C. The van der Waals surface area contributed by atoms with E-state index in [-0.39, 0.29) is 0 Å². The van der Waals surface area contributed by atoms with Gasteiger partial charge in [-0.15, -0.1) is 10.2 Å². The smallest absolute Gasteiger partial charge is 0.156 e. The van der Waals surface area contributed by atoms with Crippen molar-refractivity contribution >= 4 is 16.6 Å². The molecule has 0 atom stereocenters. The zero-order chi connectivity index (χ0) is 16.2. The number of rotatable bonds is 5. The molecule has 23 heavy (non-hydrogen) atoms. The van der Waals surface area contributed by atoms with Gasteiger partial charge in [-0.3, -0.25) is 0 Å². The minimum atomic E-state index is 0.666. The van der Waals surface area contributed by atoms with Crippen molar-refractivity contribution in [3.63, 3.8) is 0 Å². The van der Waals surface area contributed by atoms with Crippen LogP contribution in [0.5, 0.6) is 0 Å². The van der Waals surface area contributed by atoms with Crippen molar-refractivity contribution in [2.24, 2.45) is 5.73 Å². The van der Waals surface area contributed by atoms with Gasteiger partial charge in [0.25, 0.3) is 0 Å². The molecule has 0 saturated heterocycles. The third kappa shape index (κ3) is 3.17. The molecule has 0 radical (unpaired) electrons. The Morgan fingerprint density at radius 1 is 0.957 bits per heavy atom. The minimum Gasteiger partial charge on any atom is -0.368 e. The lowest BCUT2D eigenvalue weighted by Crippen LogP contribution is -2.10. The number of aromatic nitrogens is 2. The Bertz CT molecular complexity index is 827.